The van der Waals surface area contributed by atoms with Crippen molar-refractivity contribution in [3.05, 3.63) is 77.6 Å². The van der Waals surface area contributed by atoms with Crippen molar-refractivity contribution < 1.29 is 28.6 Å². The fraction of sp³-hybridized carbons (Fsp3) is 0.379. The fourth-order valence-electron chi connectivity index (χ4n) is 4.46. The quantitative estimate of drug-likeness (QED) is 0.178. The molecule has 1 fully saturated rings. The van der Waals surface area contributed by atoms with Gasteiger partial charge in [0.15, 0.2) is 11.5 Å². The van der Waals surface area contributed by atoms with Crippen LogP contribution >= 0.6 is 0 Å². The highest BCUT2D eigenvalue weighted by Crippen LogP contribution is 2.42. The summed E-state index contributed by atoms with van der Waals surface area (Å²) in [7, 11) is 0. The number of hydrogen-bond acceptors (Lipinski definition) is 6. The molecule has 0 aliphatic carbocycles. The molecule has 8 heteroatoms. The number of aliphatic hydroxyl groups is 1. The standard InChI is InChI=1S/C29H35FN2O5/c1-5-18-37-23-15-12-21(19-24(23)36-8-4)26-25(27(33)20-10-13-22(30)14-11-20)28(34)29(35)32(26)17-9-16-31(6-2)7-3/h5,10-15,19,26,33H,1,6-9,16-18H2,2-4H3/b27-25+. The van der Waals surface area contributed by atoms with Crippen LogP contribution in [-0.2, 0) is 9.59 Å². The van der Waals surface area contributed by atoms with Crippen molar-refractivity contribution in [3.63, 3.8) is 0 Å². The molecule has 1 heterocycles. The maximum absolute atomic E-state index is 13.5. The number of hydrogen-bond donors (Lipinski definition) is 1. The summed E-state index contributed by atoms with van der Waals surface area (Å²) in [6.45, 7) is 13.2. The Hall–Kier alpha value is -3.65. The Bertz CT molecular complexity index is 1140. The van der Waals surface area contributed by atoms with E-state index in [1.807, 2.05) is 6.92 Å². The third kappa shape index (κ3) is 6.38. The number of nitrogens with zero attached hydrogens (tertiary/aromatic N) is 2. The lowest BCUT2D eigenvalue weighted by Gasteiger charge is -2.27. The molecule has 198 valence electrons. The Kier molecular flexibility index (Phi) is 9.85. The van der Waals surface area contributed by atoms with Crippen LogP contribution in [-0.4, -0.2) is 66.0 Å². The van der Waals surface area contributed by atoms with E-state index in [0.29, 0.717) is 36.6 Å². The predicted molar refractivity (Wildman–Crippen MR) is 141 cm³/mol. The zero-order valence-corrected chi connectivity index (χ0v) is 21.7. The van der Waals surface area contributed by atoms with Crippen LogP contribution in [0.2, 0.25) is 0 Å². The highest BCUT2D eigenvalue weighted by Gasteiger charge is 2.46. The molecule has 0 saturated carbocycles. The van der Waals surface area contributed by atoms with Crippen molar-refractivity contribution in [2.24, 2.45) is 0 Å². The number of carbonyl (C=O) groups excluding carboxylic acids is 2. The van der Waals surface area contributed by atoms with Gasteiger partial charge >= 0.3 is 0 Å². The van der Waals surface area contributed by atoms with Crippen LogP contribution in [0.25, 0.3) is 5.76 Å². The molecule has 0 radical (unpaired) electrons. The third-order valence-corrected chi connectivity index (χ3v) is 6.37. The number of carbonyl (C=O) groups is 2. The van der Waals surface area contributed by atoms with Gasteiger partial charge in [-0.1, -0.05) is 32.6 Å². The van der Waals surface area contributed by atoms with Gasteiger partial charge in [0.1, 0.15) is 18.2 Å². The largest absolute Gasteiger partial charge is 0.507 e. The second kappa shape index (κ2) is 13.1. The number of amides is 1. The number of likely N-dealkylation sites (tertiary alicyclic amines) is 1. The molecule has 3 rings (SSSR count). The molecule has 2 aromatic rings. The van der Waals surface area contributed by atoms with Crippen LogP contribution < -0.4 is 9.47 Å². The molecule has 37 heavy (non-hydrogen) atoms. The zero-order valence-electron chi connectivity index (χ0n) is 21.7. The Morgan fingerprint density at radius 1 is 1.08 bits per heavy atom. The number of Topliss-reactive ketones (excluding diaryl/α,β-unsaturated/α-hetero) is 1. The van der Waals surface area contributed by atoms with Gasteiger partial charge < -0.3 is 24.4 Å². The van der Waals surface area contributed by atoms with E-state index < -0.39 is 23.5 Å². The number of benzene rings is 2. The van der Waals surface area contributed by atoms with E-state index in [1.54, 1.807) is 24.3 Å². The molecule has 0 spiro atoms. The summed E-state index contributed by atoms with van der Waals surface area (Å²) < 4.78 is 25.0. The summed E-state index contributed by atoms with van der Waals surface area (Å²) in [5.41, 5.74) is 0.810. The summed E-state index contributed by atoms with van der Waals surface area (Å²) in [5, 5.41) is 11.2. The number of aliphatic hydroxyl groups excluding tert-OH is 1. The molecule has 1 unspecified atom stereocenters. The highest BCUT2D eigenvalue weighted by molar-refractivity contribution is 6.46. The van der Waals surface area contributed by atoms with E-state index >= 15 is 0 Å². The van der Waals surface area contributed by atoms with Gasteiger partial charge in [-0.25, -0.2) is 4.39 Å². The predicted octanol–water partition coefficient (Wildman–Crippen LogP) is 4.94. The molecular weight excluding hydrogens is 475 g/mol. The van der Waals surface area contributed by atoms with Gasteiger partial charge in [-0.15, -0.1) is 0 Å². The Labute approximate surface area is 217 Å². The summed E-state index contributed by atoms with van der Waals surface area (Å²) in [6, 6.07) is 9.53. The first-order valence-corrected chi connectivity index (χ1v) is 12.6. The van der Waals surface area contributed by atoms with Crippen LogP contribution in [0.1, 0.15) is 44.4 Å². The van der Waals surface area contributed by atoms with E-state index in [0.717, 1.165) is 19.6 Å². The van der Waals surface area contributed by atoms with Crippen LogP contribution in [0.4, 0.5) is 4.39 Å². The zero-order chi connectivity index (χ0) is 26.9. The molecule has 1 N–H and O–H groups in total. The van der Waals surface area contributed by atoms with Crippen molar-refractivity contribution >= 4 is 17.4 Å². The number of ether oxygens (including phenoxy) is 2. The van der Waals surface area contributed by atoms with Crippen molar-refractivity contribution in [1.82, 2.24) is 9.80 Å². The smallest absolute Gasteiger partial charge is 0.295 e. The monoisotopic (exact) mass is 510 g/mol. The summed E-state index contributed by atoms with van der Waals surface area (Å²) in [4.78, 5) is 30.2. The molecule has 1 amide bonds. The minimum absolute atomic E-state index is 0.0401. The molecular formula is C29H35FN2O5. The second-order valence-electron chi connectivity index (χ2n) is 8.62. The Morgan fingerprint density at radius 2 is 1.78 bits per heavy atom. The fourth-order valence-corrected chi connectivity index (χ4v) is 4.46. The van der Waals surface area contributed by atoms with Gasteiger partial charge in [-0.3, -0.25) is 9.59 Å². The third-order valence-electron chi connectivity index (χ3n) is 6.37. The molecule has 2 aromatic carbocycles. The van der Waals surface area contributed by atoms with Crippen molar-refractivity contribution in [2.75, 3.05) is 39.4 Å². The molecule has 1 atom stereocenters. The van der Waals surface area contributed by atoms with E-state index in [4.69, 9.17) is 9.47 Å². The molecule has 1 aliphatic rings. The van der Waals surface area contributed by atoms with Gasteiger partial charge in [0.25, 0.3) is 11.7 Å². The normalized spacial score (nSPS) is 16.9. The van der Waals surface area contributed by atoms with E-state index in [9.17, 15) is 19.1 Å². The van der Waals surface area contributed by atoms with Crippen LogP contribution in [0.3, 0.4) is 0 Å². The lowest BCUT2D eigenvalue weighted by Crippen LogP contribution is -2.33. The molecule has 1 saturated heterocycles. The number of rotatable bonds is 13. The maximum atomic E-state index is 13.5. The maximum Gasteiger partial charge on any atom is 0.295 e. The number of ketones is 1. The molecule has 1 aliphatic heterocycles. The molecule has 0 aromatic heterocycles. The summed E-state index contributed by atoms with van der Waals surface area (Å²) in [6.07, 6.45) is 2.28. The van der Waals surface area contributed by atoms with Gasteiger partial charge in [-0.05, 0) is 74.9 Å². The van der Waals surface area contributed by atoms with E-state index in [1.165, 1.54) is 29.2 Å². The Balaban J connectivity index is 2.09. The first-order valence-electron chi connectivity index (χ1n) is 12.6. The first kappa shape index (κ1) is 27.9. The van der Waals surface area contributed by atoms with Crippen molar-refractivity contribution in [2.45, 2.75) is 33.2 Å². The molecule has 7 nitrogen and oxygen atoms in total. The lowest BCUT2D eigenvalue weighted by molar-refractivity contribution is -0.140. The first-order chi connectivity index (χ1) is 17.9. The van der Waals surface area contributed by atoms with Gasteiger partial charge in [0.2, 0.25) is 0 Å². The lowest BCUT2D eigenvalue weighted by atomic mass is 9.95. The average molecular weight is 511 g/mol. The average Bonchev–Trinajstić information content (AvgIpc) is 3.15. The SMILES string of the molecule is C=CCOc1ccc(C2/C(=C(\O)c3ccc(F)cc3)C(=O)C(=O)N2CCCN(CC)CC)cc1OCC. The van der Waals surface area contributed by atoms with E-state index in [-0.39, 0.29) is 23.5 Å². The summed E-state index contributed by atoms with van der Waals surface area (Å²) in [5.74, 6) is -1.32. The van der Waals surface area contributed by atoms with E-state index in [2.05, 4.69) is 25.3 Å². The Morgan fingerprint density at radius 3 is 2.41 bits per heavy atom. The van der Waals surface area contributed by atoms with Crippen LogP contribution in [0.5, 0.6) is 11.5 Å². The minimum Gasteiger partial charge on any atom is -0.507 e. The van der Waals surface area contributed by atoms with Gasteiger partial charge in [0, 0.05) is 12.1 Å². The summed E-state index contributed by atoms with van der Waals surface area (Å²) >= 11 is 0. The minimum atomic E-state index is -0.839. The van der Waals surface area contributed by atoms with Gasteiger partial charge in [0.05, 0.1) is 18.2 Å². The van der Waals surface area contributed by atoms with Gasteiger partial charge in [-0.2, -0.15) is 0 Å². The second-order valence-corrected chi connectivity index (χ2v) is 8.62. The van der Waals surface area contributed by atoms with Crippen LogP contribution in [0.15, 0.2) is 60.7 Å². The number of halogens is 1. The van der Waals surface area contributed by atoms with Crippen molar-refractivity contribution in [1.29, 1.82) is 0 Å². The molecule has 0 bridgehead atoms. The van der Waals surface area contributed by atoms with Crippen LogP contribution in [0, 0.1) is 5.82 Å². The van der Waals surface area contributed by atoms with Crippen molar-refractivity contribution in [3.8, 4) is 11.5 Å². The highest BCUT2D eigenvalue weighted by atomic mass is 19.1. The topological polar surface area (TPSA) is 79.3 Å².